The van der Waals surface area contributed by atoms with E-state index >= 15 is 0 Å². The van der Waals surface area contributed by atoms with Crippen LogP contribution in [-0.4, -0.2) is 16.9 Å². The van der Waals surface area contributed by atoms with Gasteiger partial charge >= 0.3 is 18.3 Å². The molecule has 0 amide bonds. The van der Waals surface area contributed by atoms with Crippen LogP contribution in [0.3, 0.4) is 0 Å². The number of benzene rings is 1. The van der Waals surface area contributed by atoms with Gasteiger partial charge in [0.1, 0.15) is 0 Å². The van der Waals surface area contributed by atoms with Gasteiger partial charge in [-0.2, -0.15) is 26.3 Å². The molecule has 0 radical (unpaired) electrons. The molecule has 0 aliphatic rings. The first kappa shape index (κ1) is 16.7. The van der Waals surface area contributed by atoms with Gasteiger partial charge in [-0.3, -0.25) is 4.79 Å². The van der Waals surface area contributed by atoms with Crippen LogP contribution in [0.15, 0.2) is 24.3 Å². The highest BCUT2D eigenvalue weighted by molar-refractivity contribution is 6.38. The lowest BCUT2D eigenvalue weighted by Gasteiger charge is -2.12. The van der Waals surface area contributed by atoms with Gasteiger partial charge in [-0.05, 0) is 29.8 Å². The molecule has 0 saturated carbocycles. The lowest BCUT2D eigenvalue weighted by Crippen LogP contribution is -2.11. The molecule has 114 valence electrons. The van der Waals surface area contributed by atoms with Gasteiger partial charge in [-0.1, -0.05) is 6.08 Å². The normalized spacial score (nSPS) is 12.7. The highest BCUT2D eigenvalue weighted by atomic mass is 19.4. The van der Waals surface area contributed by atoms with Crippen molar-refractivity contribution in [3.05, 3.63) is 41.0 Å². The summed E-state index contributed by atoms with van der Waals surface area (Å²) in [5.41, 5.74) is -3.70. The second-order valence-corrected chi connectivity index (χ2v) is 3.84. The number of carbonyl (C=O) groups is 2. The molecule has 0 saturated heterocycles. The van der Waals surface area contributed by atoms with E-state index in [-0.39, 0.29) is 6.07 Å². The molecule has 1 aromatic carbocycles. The van der Waals surface area contributed by atoms with Crippen LogP contribution in [0.2, 0.25) is 0 Å². The Bertz CT molecular complexity index is 566. The zero-order valence-corrected chi connectivity index (χ0v) is 9.92. The number of hydrogen-bond donors (Lipinski definition) is 1. The molecule has 0 aliphatic carbocycles. The summed E-state index contributed by atoms with van der Waals surface area (Å²) in [4.78, 5) is 21.0. The van der Waals surface area contributed by atoms with E-state index in [0.717, 1.165) is 0 Å². The minimum Gasteiger partial charge on any atom is -0.475 e. The summed E-state index contributed by atoms with van der Waals surface area (Å²) in [5, 5.41) is 8.27. The molecule has 0 spiro atoms. The molecule has 9 heteroatoms. The maximum Gasteiger partial charge on any atom is 0.416 e. The summed E-state index contributed by atoms with van der Waals surface area (Å²) in [6.07, 6.45) is -9.08. The number of aliphatic carboxylic acids is 1. The van der Waals surface area contributed by atoms with Crippen LogP contribution in [0.4, 0.5) is 26.3 Å². The van der Waals surface area contributed by atoms with Crippen LogP contribution in [0.5, 0.6) is 0 Å². The van der Waals surface area contributed by atoms with Gasteiger partial charge in [0.2, 0.25) is 0 Å². The van der Waals surface area contributed by atoms with E-state index in [1.54, 1.807) is 0 Å². The zero-order valence-electron chi connectivity index (χ0n) is 9.92. The standard InChI is InChI=1S/C12H6F6O3/c13-11(14,15)7-3-6(1-2-9(19)10(20)21)4-8(5-7)12(16,17)18/h1-5H,(H,20,21)/b2-1+. The molecule has 1 rings (SSSR count). The van der Waals surface area contributed by atoms with Crippen LogP contribution in [0, 0.1) is 0 Å². The topological polar surface area (TPSA) is 54.4 Å². The van der Waals surface area contributed by atoms with Crippen molar-refractivity contribution < 1.29 is 41.0 Å². The van der Waals surface area contributed by atoms with Crippen LogP contribution in [0.25, 0.3) is 6.08 Å². The highest BCUT2D eigenvalue weighted by Crippen LogP contribution is 2.36. The first-order valence-electron chi connectivity index (χ1n) is 5.16. The lowest BCUT2D eigenvalue weighted by atomic mass is 10.0. The summed E-state index contributed by atoms with van der Waals surface area (Å²) in [6, 6.07) is 0.679. The molecule has 0 heterocycles. The summed E-state index contributed by atoms with van der Waals surface area (Å²) in [6.45, 7) is 0. The largest absolute Gasteiger partial charge is 0.475 e. The Hall–Kier alpha value is -2.32. The Morgan fingerprint density at radius 2 is 1.33 bits per heavy atom. The van der Waals surface area contributed by atoms with E-state index in [9.17, 15) is 35.9 Å². The number of carbonyl (C=O) groups excluding carboxylic acids is 1. The number of alkyl halides is 6. The van der Waals surface area contributed by atoms with Gasteiger partial charge in [-0.15, -0.1) is 0 Å². The van der Waals surface area contributed by atoms with Crippen LogP contribution in [0.1, 0.15) is 16.7 Å². The Balaban J connectivity index is 3.33. The molecule has 1 aromatic rings. The average Bonchev–Trinajstić information content (AvgIpc) is 2.33. The van der Waals surface area contributed by atoms with Crippen molar-refractivity contribution >= 4 is 17.8 Å². The van der Waals surface area contributed by atoms with Crippen molar-refractivity contribution in [3.8, 4) is 0 Å². The van der Waals surface area contributed by atoms with Crippen molar-refractivity contribution in [1.82, 2.24) is 0 Å². The quantitative estimate of drug-likeness (QED) is 0.529. The van der Waals surface area contributed by atoms with E-state index in [2.05, 4.69) is 0 Å². The number of carboxylic acids is 1. The second kappa shape index (κ2) is 5.58. The van der Waals surface area contributed by atoms with Crippen molar-refractivity contribution in [2.24, 2.45) is 0 Å². The van der Waals surface area contributed by atoms with Gasteiger partial charge in [-0.25, -0.2) is 4.79 Å². The molecule has 0 fully saturated rings. The summed E-state index contributed by atoms with van der Waals surface area (Å²) < 4.78 is 75.1. The number of halogens is 6. The van der Waals surface area contributed by atoms with Gasteiger partial charge in [0, 0.05) is 0 Å². The SMILES string of the molecule is O=C(O)C(=O)/C=C/c1cc(C(F)(F)F)cc(C(F)(F)F)c1. The Morgan fingerprint density at radius 3 is 1.67 bits per heavy atom. The third-order valence-electron chi connectivity index (χ3n) is 2.25. The first-order chi connectivity index (χ1) is 9.41. The highest BCUT2D eigenvalue weighted by Gasteiger charge is 2.36. The molecule has 0 atom stereocenters. The predicted molar refractivity (Wildman–Crippen MR) is 58.1 cm³/mol. The van der Waals surface area contributed by atoms with Gasteiger partial charge < -0.3 is 5.11 Å². The molecule has 0 unspecified atom stereocenters. The number of hydrogen-bond acceptors (Lipinski definition) is 2. The van der Waals surface area contributed by atoms with Gasteiger partial charge in [0.05, 0.1) is 11.1 Å². The van der Waals surface area contributed by atoms with Gasteiger partial charge in [0.25, 0.3) is 5.78 Å². The second-order valence-electron chi connectivity index (χ2n) is 3.84. The number of ketones is 1. The Kier molecular flexibility index (Phi) is 4.45. The maximum absolute atomic E-state index is 12.5. The number of rotatable bonds is 3. The monoisotopic (exact) mass is 312 g/mol. The third kappa shape index (κ3) is 4.62. The fourth-order valence-electron chi connectivity index (χ4n) is 1.32. The van der Waals surface area contributed by atoms with Crippen LogP contribution < -0.4 is 0 Å². The summed E-state index contributed by atoms with van der Waals surface area (Å²) in [5.74, 6) is -3.35. The van der Waals surface area contributed by atoms with E-state index in [0.29, 0.717) is 24.3 Å². The van der Waals surface area contributed by atoms with Crippen LogP contribution in [-0.2, 0) is 21.9 Å². The fourth-order valence-corrected chi connectivity index (χ4v) is 1.32. The minimum absolute atomic E-state index is 0.0731. The Labute approximate surface area is 113 Å². The molecule has 1 N–H and O–H groups in total. The lowest BCUT2D eigenvalue weighted by molar-refractivity contribution is -0.146. The smallest absolute Gasteiger partial charge is 0.416 e. The fraction of sp³-hybridized carbons (Fsp3) is 0.167. The zero-order chi connectivity index (χ0) is 16.4. The molecular weight excluding hydrogens is 306 g/mol. The minimum atomic E-state index is -5.01. The average molecular weight is 312 g/mol. The summed E-state index contributed by atoms with van der Waals surface area (Å²) >= 11 is 0. The predicted octanol–water partition coefficient (Wildman–Crippen LogP) is 3.39. The van der Waals surface area contributed by atoms with E-state index < -0.39 is 40.8 Å². The van der Waals surface area contributed by atoms with Crippen molar-refractivity contribution in [3.63, 3.8) is 0 Å². The molecule has 0 aliphatic heterocycles. The molecule has 0 aromatic heterocycles. The first-order valence-corrected chi connectivity index (χ1v) is 5.16. The van der Waals surface area contributed by atoms with E-state index in [4.69, 9.17) is 5.11 Å². The molecule has 3 nitrogen and oxygen atoms in total. The maximum atomic E-state index is 12.5. The number of carboxylic acid groups (broad SMARTS) is 1. The van der Waals surface area contributed by atoms with Crippen molar-refractivity contribution in [1.29, 1.82) is 0 Å². The van der Waals surface area contributed by atoms with E-state index in [1.165, 1.54) is 0 Å². The Morgan fingerprint density at radius 1 is 0.905 bits per heavy atom. The molecule has 21 heavy (non-hydrogen) atoms. The molecule has 0 bridgehead atoms. The summed E-state index contributed by atoms with van der Waals surface area (Å²) in [7, 11) is 0. The third-order valence-corrected chi connectivity index (χ3v) is 2.25. The van der Waals surface area contributed by atoms with Gasteiger partial charge in [0.15, 0.2) is 0 Å². The van der Waals surface area contributed by atoms with Crippen molar-refractivity contribution in [2.45, 2.75) is 12.4 Å². The van der Waals surface area contributed by atoms with E-state index in [1.807, 2.05) is 0 Å². The van der Waals surface area contributed by atoms with Crippen LogP contribution >= 0.6 is 0 Å². The van der Waals surface area contributed by atoms with Crippen molar-refractivity contribution in [2.75, 3.05) is 0 Å². The molecular formula is C12H6F6O3.